The van der Waals surface area contributed by atoms with Crippen molar-refractivity contribution in [2.75, 3.05) is 0 Å². The van der Waals surface area contributed by atoms with Gasteiger partial charge in [0.25, 0.3) is 0 Å². The zero-order chi connectivity index (χ0) is 34.2. The van der Waals surface area contributed by atoms with Crippen molar-refractivity contribution < 1.29 is 4.74 Å². The van der Waals surface area contributed by atoms with Gasteiger partial charge in [0.2, 0.25) is 0 Å². The highest BCUT2D eigenvalue weighted by Gasteiger charge is 2.48. The van der Waals surface area contributed by atoms with Crippen molar-refractivity contribution in [2.45, 2.75) is 5.41 Å². The number of rotatable bonds is 4. The van der Waals surface area contributed by atoms with E-state index in [2.05, 4.69) is 188 Å². The van der Waals surface area contributed by atoms with Crippen LogP contribution >= 0.6 is 0 Å². The fourth-order valence-corrected chi connectivity index (χ4v) is 9.21. The lowest BCUT2D eigenvalue weighted by Crippen LogP contribution is -2.29. The SMILES string of the molecule is c1ccc(-c2cc3ccccc3c3c2-c2ccc(-c4ccc5c6c(cccc46)-c4ccccc4O5)cc2C3(c2ccccc2)c2ccccc2)cc1. The van der Waals surface area contributed by atoms with E-state index in [1.54, 1.807) is 0 Å². The average Bonchev–Trinajstić information content (AvgIpc) is 3.53. The molecule has 242 valence electrons. The lowest BCUT2D eigenvalue weighted by molar-refractivity contribution is 0.487. The highest BCUT2D eigenvalue weighted by Crippen LogP contribution is 2.61. The lowest BCUT2D eigenvalue weighted by Gasteiger charge is -2.35. The first-order valence-corrected chi connectivity index (χ1v) is 18.0. The lowest BCUT2D eigenvalue weighted by atomic mass is 9.66. The topological polar surface area (TPSA) is 9.23 Å². The molecule has 11 rings (SSSR count). The highest BCUT2D eigenvalue weighted by atomic mass is 16.5. The molecule has 0 amide bonds. The summed E-state index contributed by atoms with van der Waals surface area (Å²) in [4.78, 5) is 0. The van der Waals surface area contributed by atoms with Gasteiger partial charge in [-0.1, -0.05) is 170 Å². The molecule has 9 aromatic carbocycles. The Kier molecular flexibility index (Phi) is 6.23. The van der Waals surface area contributed by atoms with Crippen LogP contribution in [0.1, 0.15) is 22.3 Å². The van der Waals surface area contributed by atoms with Crippen molar-refractivity contribution >= 4 is 21.5 Å². The number of ether oxygens (including phenoxy) is 1. The number of para-hydroxylation sites is 1. The largest absolute Gasteiger partial charge is 0.456 e. The van der Waals surface area contributed by atoms with E-state index in [0.717, 1.165) is 22.4 Å². The summed E-state index contributed by atoms with van der Waals surface area (Å²) < 4.78 is 6.50. The maximum atomic E-state index is 6.50. The zero-order valence-corrected chi connectivity index (χ0v) is 28.4. The van der Waals surface area contributed by atoms with E-state index in [4.69, 9.17) is 4.74 Å². The van der Waals surface area contributed by atoms with Gasteiger partial charge >= 0.3 is 0 Å². The van der Waals surface area contributed by atoms with E-state index in [9.17, 15) is 0 Å². The molecule has 2 aliphatic rings. The van der Waals surface area contributed by atoms with Gasteiger partial charge in [-0.3, -0.25) is 0 Å². The molecule has 0 aromatic heterocycles. The first-order valence-electron chi connectivity index (χ1n) is 18.0. The Morgan fingerprint density at radius 3 is 1.79 bits per heavy atom. The van der Waals surface area contributed by atoms with E-state index in [1.807, 2.05) is 6.07 Å². The van der Waals surface area contributed by atoms with Gasteiger partial charge < -0.3 is 4.74 Å². The second-order valence-electron chi connectivity index (χ2n) is 13.9. The van der Waals surface area contributed by atoms with E-state index < -0.39 is 5.41 Å². The number of benzene rings is 9. The molecule has 0 spiro atoms. The third kappa shape index (κ3) is 3.99. The fraction of sp³-hybridized carbons (Fsp3) is 0.0196. The quantitative estimate of drug-likeness (QED) is 0.183. The molecule has 0 atom stereocenters. The normalized spacial score (nSPS) is 13.3. The molecule has 1 nitrogen and oxygen atoms in total. The van der Waals surface area contributed by atoms with Crippen LogP contribution in [0.2, 0.25) is 0 Å². The van der Waals surface area contributed by atoms with Crippen molar-refractivity contribution in [2.24, 2.45) is 0 Å². The maximum Gasteiger partial charge on any atom is 0.135 e. The molecule has 0 saturated carbocycles. The predicted molar refractivity (Wildman–Crippen MR) is 215 cm³/mol. The number of hydrogen-bond donors (Lipinski definition) is 0. The minimum absolute atomic E-state index is 0.567. The Bertz CT molecular complexity index is 2810. The van der Waals surface area contributed by atoms with Crippen LogP contribution in [-0.2, 0) is 5.41 Å². The number of hydrogen-bond acceptors (Lipinski definition) is 1. The molecule has 0 radical (unpaired) electrons. The van der Waals surface area contributed by atoms with Gasteiger partial charge in [0.1, 0.15) is 11.5 Å². The zero-order valence-electron chi connectivity index (χ0n) is 28.4. The minimum atomic E-state index is -0.567. The van der Waals surface area contributed by atoms with Gasteiger partial charge in [0.15, 0.2) is 0 Å². The van der Waals surface area contributed by atoms with Crippen LogP contribution in [0.15, 0.2) is 194 Å². The van der Waals surface area contributed by atoms with Crippen LogP contribution in [0.5, 0.6) is 11.5 Å². The second-order valence-corrected chi connectivity index (χ2v) is 13.9. The molecule has 0 N–H and O–H groups in total. The first kappa shape index (κ1) is 29.1. The highest BCUT2D eigenvalue weighted by molar-refractivity contribution is 6.11. The Labute approximate surface area is 303 Å². The van der Waals surface area contributed by atoms with Gasteiger partial charge in [-0.25, -0.2) is 0 Å². The number of fused-ring (bicyclic) bond motifs is 7. The third-order valence-electron chi connectivity index (χ3n) is 11.3. The molecule has 1 aliphatic heterocycles. The van der Waals surface area contributed by atoms with E-state index >= 15 is 0 Å². The summed E-state index contributed by atoms with van der Waals surface area (Å²) in [6.45, 7) is 0. The molecular weight excluding hydrogens is 629 g/mol. The summed E-state index contributed by atoms with van der Waals surface area (Å²) in [5.41, 5.74) is 14.4. The van der Waals surface area contributed by atoms with Crippen LogP contribution in [0.3, 0.4) is 0 Å². The Morgan fingerprint density at radius 2 is 1.00 bits per heavy atom. The van der Waals surface area contributed by atoms with Gasteiger partial charge in [0, 0.05) is 10.9 Å². The molecule has 1 heteroatoms. The Hall–Kier alpha value is -6.70. The van der Waals surface area contributed by atoms with Crippen LogP contribution in [0, 0.1) is 0 Å². The molecular formula is C51H32O. The summed E-state index contributed by atoms with van der Waals surface area (Å²) in [5, 5.41) is 4.88. The molecule has 52 heavy (non-hydrogen) atoms. The molecule has 0 fully saturated rings. The van der Waals surface area contributed by atoms with Crippen LogP contribution in [-0.4, -0.2) is 0 Å². The second kappa shape index (κ2) is 11.2. The maximum absolute atomic E-state index is 6.50. The van der Waals surface area contributed by atoms with Crippen molar-refractivity contribution in [3.63, 3.8) is 0 Å². The van der Waals surface area contributed by atoms with Gasteiger partial charge in [-0.05, 0) is 102 Å². The van der Waals surface area contributed by atoms with E-state index in [0.29, 0.717) is 0 Å². The van der Waals surface area contributed by atoms with E-state index in [1.165, 1.54) is 77.4 Å². The van der Waals surface area contributed by atoms with Crippen molar-refractivity contribution in [3.8, 4) is 56.0 Å². The van der Waals surface area contributed by atoms with Crippen molar-refractivity contribution in [1.29, 1.82) is 0 Å². The molecule has 0 unspecified atom stereocenters. The summed E-state index contributed by atoms with van der Waals surface area (Å²) in [6, 6.07) is 71.2. The van der Waals surface area contributed by atoms with Gasteiger partial charge in [-0.15, -0.1) is 0 Å². The third-order valence-corrected chi connectivity index (χ3v) is 11.3. The minimum Gasteiger partial charge on any atom is -0.456 e. The molecule has 1 heterocycles. The standard InChI is InChI=1S/C51H32O/c1-4-15-33(16-5-1)44-31-34-17-10-11-22-39(34)50-49(44)43-28-27-35(32-45(43)51(50,36-18-6-2-7-19-36)37-20-8-3-9-21-37)38-29-30-47-48-41(38)24-14-25-42(48)40-23-12-13-26-46(40)52-47/h1-32H. The molecule has 0 saturated heterocycles. The molecule has 9 aromatic rings. The summed E-state index contributed by atoms with van der Waals surface area (Å²) in [5.74, 6) is 1.81. The monoisotopic (exact) mass is 660 g/mol. The summed E-state index contributed by atoms with van der Waals surface area (Å²) in [6.07, 6.45) is 0. The Balaban J connectivity index is 1.27. The van der Waals surface area contributed by atoms with Crippen molar-refractivity contribution in [1.82, 2.24) is 0 Å². The van der Waals surface area contributed by atoms with E-state index in [-0.39, 0.29) is 0 Å². The first-order chi connectivity index (χ1) is 25.8. The van der Waals surface area contributed by atoms with Gasteiger partial charge in [0.05, 0.1) is 5.41 Å². The molecule has 0 bridgehead atoms. The predicted octanol–water partition coefficient (Wildman–Crippen LogP) is 13.5. The molecule has 1 aliphatic carbocycles. The summed E-state index contributed by atoms with van der Waals surface area (Å²) >= 11 is 0. The Morgan fingerprint density at radius 1 is 0.365 bits per heavy atom. The van der Waals surface area contributed by atoms with Crippen LogP contribution in [0.4, 0.5) is 0 Å². The van der Waals surface area contributed by atoms with Crippen LogP contribution < -0.4 is 4.74 Å². The summed E-state index contributed by atoms with van der Waals surface area (Å²) in [7, 11) is 0. The van der Waals surface area contributed by atoms with Crippen LogP contribution in [0.25, 0.3) is 66.1 Å². The average molecular weight is 661 g/mol. The fourth-order valence-electron chi connectivity index (χ4n) is 9.21. The smallest absolute Gasteiger partial charge is 0.135 e. The van der Waals surface area contributed by atoms with Gasteiger partial charge in [-0.2, -0.15) is 0 Å². The van der Waals surface area contributed by atoms with Crippen molar-refractivity contribution in [3.05, 3.63) is 216 Å².